The molecule has 0 aromatic rings. The number of hydrogen-bond acceptors (Lipinski definition) is 3. The fourth-order valence-electron chi connectivity index (χ4n) is 2.39. The molecule has 2 saturated carbocycles. The lowest BCUT2D eigenvalue weighted by Gasteiger charge is -2.26. The maximum absolute atomic E-state index is 11.5. The van der Waals surface area contributed by atoms with Crippen LogP contribution in [0.1, 0.15) is 39.0 Å². The molecule has 4 heteroatoms. The zero-order valence-corrected chi connectivity index (χ0v) is 11.5. The van der Waals surface area contributed by atoms with Gasteiger partial charge in [-0.25, -0.2) is 0 Å². The van der Waals surface area contributed by atoms with Crippen LogP contribution in [0.3, 0.4) is 0 Å². The highest BCUT2D eigenvalue weighted by atomic mass is 16.1. The van der Waals surface area contributed by atoms with E-state index in [2.05, 4.69) is 17.1 Å². The average Bonchev–Trinajstić information content (AvgIpc) is 3.19. The van der Waals surface area contributed by atoms with Crippen molar-refractivity contribution in [1.29, 1.82) is 0 Å². The van der Waals surface area contributed by atoms with Gasteiger partial charge in [0, 0.05) is 19.6 Å². The molecule has 4 nitrogen and oxygen atoms in total. The van der Waals surface area contributed by atoms with Crippen LogP contribution in [0, 0.1) is 11.8 Å². The SMILES string of the molecule is CCCNC(CN(CC1CC1)CC1CC1)C(N)=O. The summed E-state index contributed by atoms with van der Waals surface area (Å²) >= 11 is 0. The van der Waals surface area contributed by atoms with Crippen LogP contribution >= 0.6 is 0 Å². The average molecular weight is 253 g/mol. The normalized spacial score (nSPS) is 21.2. The van der Waals surface area contributed by atoms with Crippen molar-refractivity contribution >= 4 is 5.91 Å². The number of nitrogens with zero attached hydrogens (tertiary/aromatic N) is 1. The van der Waals surface area contributed by atoms with Gasteiger partial charge in [0.05, 0.1) is 6.04 Å². The number of primary amides is 1. The number of amides is 1. The molecular weight excluding hydrogens is 226 g/mol. The predicted octanol–water partition coefficient (Wildman–Crippen LogP) is 0.962. The molecule has 2 aliphatic rings. The summed E-state index contributed by atoms with van der Waals surface area (Å²) in [4.78, 5) is 13.9. The Morgan fingerprint density at radius 1 is 1.28 bits per heavy atom. The number of rotatable bonds is 10. The van der Waals surface area contributed by atoms with Crippen molar-refractivity contribution in [1.82, 2.24) is 10.2 Å². The lowest BCUT2D eigenvalue weighted by atomic mass is 10.2. The first kappa shape index (κ1) is 13.8. The second-order valence-electron chi connectivity index (χ2n) is 6.01. The van der Waals surface area contributed by atoms with Gasteiger partial charge in [0.2, 0.25) is 5.91 Å². The van der Waals surface area contributed by atoms with Crippen molar-refractivity contribution < 1.29 is 4.79 Å². The highest BCUT2D eigenvalue weighted by molar-refractivity contribution is 5.80. The number of carbonyl (C=O) groups is 1. The minimum Gasteiger partial charge on any atom is -0.368 e. The van der Waals surface area contributed by atoms with E-state index in [4.69, 9.17) is 5.73 Å². The molecule has 104 valence electrons. The topological polar surface area (TPSA) is 58.4 Å². The van der Waals surface area contributed by atoms with Crippen molar-refractivity contribution in [3.8, 4) is 0 Å². The minimum atomic E-state index is -0.208. The van der Waals surface area contributed by atoms with E-state index < -0.39 is 0 Å². The molecule has 2 fully saturated rings. The van der Waals surface area contributed by atoms with E-state index in [1.54, 1.807) is 0 Å². The van der Waals surface area contributed by atoms with Crippen LogP contribution < -0.4 is 11.1 Å². The van der Waals surface area contributed by atoms with Crippen LogP contribution in [0.15, 0.2) is 0 Å². The zero-order chi connectivity index (χ0) is 13.0. The third-order valence-electron chi connectivity index (χ3n) is 3.85. The molecule has 0 saturated heterocycles. The van der Waals surface area contributed by atoms with Gasteiger partial charge in [0.1, 0.15) is 0 Å². The smallest absolute Gasteiger partial charge is 0.235 e. The van der Waals surface area contributed by atoms with Gasteiger partial charge in [-0.1, -0.05) is 6.92 Å². The summed E-state index contributed by atoms with van der Waals surface area (Å²) in [6.07, 6.45) is 6.50. The van der Waals surface area contributed by atoms with E-state index in [0.29, 0.717) is 0 Å². The summed E-state index contributed by atoms with van der Waals surface area (Å²) in [5, 5.41) is 3.27. The standard InChI is InChI=1S/C14H27N3O/c1-2-7-16-13(14(15)18)10-17(8-11-3-4-11)9-12-5-6-12/h11-13,16H,2-10H2,1H3,(H2,15,18). The lowest BCUT2D eigenvalue weighted by Crippen LogP contribution is -2.50. The van der Waals surface area contributed by atoms with Gasteiger partial charge < -0.3 is 16.0 Å². The third-order valence-corrected chi connectivity index (χ3v) is 3.85. The molecule has 0 heterocycles. The van der Waals surface area contributed by atoms with Gasteiger partial charge in [0.25, 0.3) is 0 Å². The van der Waals surface area contributed by atoms with E-state index >= 15 is 0 Å². The summed E-state index contributed by atoms with van der Waals surface area (Å²) in [5.41, 5.74) is 5.49. The summed E-state index contributed by atoms with van der Waals surface area (Å²) in [5.74, 6) is 1.55. The molecule has 1 amide bonds. The number of nitrogens with two attached hydrogens (primary N) is 1. The molecule has 18 heavy (non-hydrogen) atoms. The summed E-state index contributed by atoms with van der Waals surface area (Å²) in [6, 6.07) is -0.178. The first-order chi connectivity index (χ1) is 8.69. The Kier molecular flexibility index (Phi) is 5.01. The Morgan fingerprint density at radius 2 is 1.83 bits per heavy atom. The van der Waals surface area contributed by atoms with E-state index in [-0.39, 0.29) is 11.9 Å². The zero-order valence-electron chi connectivity index (χ0n) is 11.5. The highest BCUT2D eigenvalue weighted by Crippen LogP contribution is 2.33. The molecular formula is C14H27N3O. The first-order valence-electron chi connectivity index (χ1n) is 7.44. The van der Waals surface area contributed by atoms with Crippen molar-refractivity contribution in [2.45, 2.75) is 45.1 Å². The van der Waals surface area contributed by atoms with Crippen molar-refractivity contribution in [3.05, 3.63) is 0 Å². The Labute approximate surface area is 110 Å². The fourth-order valence-corrected chi connectivity index (χ4v) is 2.39. The van der Waals surface area contributed by atoms with Gasteiger partial charge in [-0.3, -0.25) is 4.79 Å². The van der Waals surface area contributed by atoms with Crippen LogP contribution in [0.25, 0.3) is 0 Å². The monoisotopic (exact) mass is 253 g/mol. The Hall–Kier alpha value is -0.610. The molecule has 0 aromatic heterocycles. The largest absolute Gasteiger partial charge is 0.368 e. The number of carbonyl (C=O) groups excluding carboxylic acids is 1. The number of nitrogens with one attached hydrogen (secondary N) is 1. The van der Waals surface area contributed by atoms with Crippen LogP contribution in [0.5, 0.6) is 0 Å². The summed E-state index contributed by atoms with van der Waals surface area (Å²) < 4.78 is 0. The van der Waals surface area contributed by atoms with Crippen molar-refractivity contribution in [2.75, 3.05) is 26.2 Å². The summed E-state index contributed by atoms with van der Waals surface area (Å²) in [7, 11) is 0. The van der Waals surface area contributed by atoms with Gasteiger partial charge >= 0.3 is 0 Å². The molecule has 1 atom stereocenters. The second kappa shape index (κ2) is 6.53. The van der Waals surface area contributed by atoms with Crippen LogP contribution in [-0.2, 0) is 4.79 Å². The van der Waals surface area contributed by atoms with E-state index in [0.717, 1.165) is 44.4 Å². The van der Waals surface area contributed by atoms with E-state index in [1.807, 2.05) is 0 Å². The van der Waals surface area contributed by atoms with Gasteiger partial charge in [0.15, 0.2) is 0 Å². The molecule has 0 spiro atoms. The molecule has 0 bridgehead atoms. The first-order valence-corrected chi connectivity index (χ1v) is 7.44. The molecule has 3 N–H and O–H groups in total. The molecule has 0 aliphatic heterocycles. The Morgan fingerprint density at radius 3 is 2.22 bits per heavy atom. The van der Waals surface area contributed by atoms with Crippen molar-refractivity contribution in [2.24, 2.45) is 17.6 Å². The lowest BCUT2D eigenvalue weighted by molar-refractivity contribution is -0.120. The van der Waals surface area contributed by atoms with Crippen LogP contribution in [-0.4, -0.2) is 43.0 Å². The fraction of sp³-hybridized carbons (Fsp3) is 0.929. The summed E-state index contributed by atoms with van der Waals surface area (Å²) in [6.45, 7) is 6.09. The Bertz CT molecular complexity index is 260. The van der Waals surface area contributed by atoms with E-state index in [9.17, 15) is 4.79 Å². The highest BCUT2D eigenvalue weighted by Gasteiger charge is 2.30. The molecule has 2 rings (SSSR count). The van der Waals surface area contributed by atoms with Gasteiger partial charge in [-0.05, 0) is 50.5 Å². The predicted molar refractivity (Wildman–Crippen MR) is 73.2 cm³/mol. The van der Waals surface area contributed by atoms with Gasteiger partial charge in [-0.15, -0.1) is 0 Å². The van der Waals surface area contributed by atoms with Crippen LogP contribution in [0.4, 0.5) is 0 Å². The van der Waals surface area contributed by atoms with Crippen LogP contribution in [0.2, 0.25) is 0 Å². The maximum atomic E-state index is 11.5. The van der Waals surface area contributed by atoms with Crippen molar-refractivity contribution in [3.63, 3.8) is 0 Å². The van der Waals surface area contributed by atoms with E-state index in [1.165, 1.54) is 25.7 Å². The molecule has 0 radical (unpaired) electrons. The molecule has 0 aromatic carbocycles. The Balaban J connectivity index is 1.80. The molecule has 1 unspecified atom stereocenters. The minimum absolute atomic E-state index is 0.178. The van der Waals surface area contributed by atoms with Gasteiger partial charge in [-0.2, -0.15) is 0 Å². The molecule has 2 aliphatic carbocycles. The quantitative estimate of drug-likeness (QED) is 0.610. The number of hydrogen-bond donors (Lipinski definition) is 2. The maximum Gasteiger partial charge on any atom is 0.235 e. The second-order valence-corrected chi connectivity index (χ2v) is 6.01. The third kappa shape index (κ3) is 4.94.